The van der Waals surface area contributed by atoms with Crippen LogP contribution in [0.1, 0.15) is 40.0 Å². The first-order chi connectivity index (χ1) is 10.2. The van der Waals surface area contributed by atoms with E-state index in [2.05, 4.69) is 0 Å². The Labute approximate surface area is 132 Å². The van der Waals surface area contributed by atoms with Gasteiger partial charge < -0.3 is 18.6 Å². The second-order valence-corrected chi connectivity index (χ2v) is 5.07. The van der Waals surface area contributed by atoms with E-state index in [4.69, 9.17) is 18.6 Å². The van der Waals surface area contributed by atoms with E-state index >= 15 is 0 Å². The summed E-state index contributed by atoms with van der Waals surface area (Å²) >= 11 is 0. The molecule has 5 heteroatoms. The lowest BCUT2D eigenvalue weighted by Crippen LogP contribution is -2.36. The summed E-state index contributed by atoms with van der Waals surface area (Å²) in [6.07, 6.45) is 13.3. The summed E-state index contributed by atoms with van der Waals surface area (Å²) < 4.78 is 22.2. The van der Waals surface area contributed by atoms with E-state index < -0.39 is 0 Å². The van der Waals surface area contributed by atoms with Crippen molar-refractivity contribution in [2.24, 2.45) is 0 Å². The molecule has 21 heavy (non-hydrogen) atoms. The maximum Gasteiger partial charge on any atom is 0.146 e. The van der Waals surface area contributed by atoms with Crippen molar-refractivity contribution >= 4 is 10.5 Å². The molecule has 0 aromatic rings. The zero-order chi connectivity index (χ0) is 15.8. The highest BCUT2D eigenvalue weighted by Crippen LogP contribution is 2.25. The molecule has 0 fully saturated rings. The molecule has 0 atom stereocenters. The third-order valence-electron chi connectivity index (χ3n) is 3.16. The molecule has 0 rings (SSSR count). The highest BCUT2D eigenvalue weighted by Gasteiger charge is 2.29. The van der Waals surface area contributed by atoms with Crippen molar-refractivity contribution in [1.29, 1.82) is 0 Å². The predicted octanol–water partition coefficient (Wildman–Crippen LogP) is 2.84. The van der Waals surface area contributed by atoms with E-state index in [0.29, 0.717) is 30.3 Å². The van der Waals surface area contributed by atoms with Crippen LogP contribution < -0.4 is 0 Å². The van der Waals surface area contributed by atoms with Crippen LogP contribution in [0.5, 0.6) is 0 Å². The van der Waals surface area contributed by atoms with Crippen molar-refractivity contribution in [3.8, 4) is 0 Å². The van der Waals surface area contributed by atoms with Gasteiger partial charge in [0.15, 0.2) is 0 Å². The lowest BCUT2D eigenvalue weighted by molar-refractivity contribution is -0.000222. The zero-order valence-electron chi connectivity index (χ0n) is 13.8. The summed E-state index contributed by atoms with van der Waals surface area (Å²) in [4.78, 5) is 0. The van der Waals surface area contributed by atoms with E-state index in [-0.39, 0.29) is 5.60 Å². The minimum atomic E-state index is -0.225. The Kier molecular flexibility index (Phi) is 13.0. The minimum Gasteiger partial charge on any atom is -0.501 e. The molecule has 0 aliphatic rings. The molecule has 0 bridgehead atoms. The van der Waals surface area contributed by atoms with Crippen molar-refractivity contribution in [3.05, 3.63) is 37.0 Å². The Balaban J connectivity index is 4.41. The van der Waals surface area contributed by atoms with E-state index in [9.17, 15) is 0 Å². The van der Waals surface area contributed by atoms with E-state index in [1.54, 1.807) is 18.8 Å². The topological polar surface area (TPSA) is 36.9 Å². The largest absolute Gasteiger partial charge is 0.501 e. The fourth-order valence-corrected chi connectivity index (χ4v) is 2.52. The Morgan fingerprint density at radius 3 is 1.29 bits per heavy atom. The van der Waals surface area contributed by atoms with Crippen molar-refractivity contribution in [3.63, 3.8) is 0 Å². The van der Waals surface area contributed by atoms with Crippen LogP contribution in [-0.4, -0.2) is 35.9 Å². The van der Waals surface area contributed by atoms with Crippen LogP contribution in [-0.2, 0) is 18.6 Å². The smallest absolute Gasteiger partial charge is 0.146 e. The highest BCUT2D eigenvalue weighted by molar-refractivity contribution is 5.98. The molecule has 0 saturated carbocycles. The van der Waals surface area contributed by atoms with Gasteiger partial charge in [-0.25, -0.2) is 0 Å². The normalized spacial score (nSPS) is 15.0. The highest BCUT2D eigenvalue weighted by atomic mass is 28.2. The molecule has 0 radical (unpaired) electrons. The second-order valence-electron chi connectivity index (χ2n) is 4.66. The molecule has 0 N–H and O–H groups in total. The fraction of sp³-hybridized carbons (Fsp3) is 0.625. The van der Waals surface area contributed by atoms with Crippen LogP contribution in [0, 0.1) is 0 Å². The summed E-state index contributed by atoms with van der Waals surface area (Å²) in [6, 6.07) is 0. The summed E-state index contributed by atoms with van der Waals surface area (Å²) in [7, 11) is 0.683. The van der Waals surface area contributed by atoms with Gasteiger partial charge in [0, 0.05) is 19.3 Å². The predicted molar refractivity (Wildman–Crippen MR) is 89.9 cm³/mol. The number of rotatable bonds is 13. The average Bonchev–Trinajstić information content (AvgIpc) is 2.51. The SMILES string of the molecule is CC=COCCC(CCOC=CC)(CCOC=CC)O[SiH3]. The molecule has 0 unspecified atom stereocenters. The lowest BCUT2D eigenvalue weighted by atomic mass is 9.93. The molecule has 0 aliphatic heterocycles. The van der Waals surface area contributed by atoms with Gasteiger partial charge in [0.2, 0.25) is 0 Å². The maximum absolute atomic E-state index is 5.91. The Bertz CT molecular complexity index is 268. The second kappa shape index (κ2) is 13.8. The minimum absolute atomic E-state index is 0.225. The van der Waals surface area contributed by atoms with E-state index in [0.717, 1.165) is 19.3 Å². The quantitative estimate of drug-likeness (QED) is 0.298. The van der Waals surface area contributed by atoms with E-state index in [1.807, 2.05) is 39.0 Å². The van der Waals surface area contributed by atoms with Crippen LogP contribution in [0.15, 0.2) is 37.0 Å². The number of hydrogen-bond donors (Lipinski definition) is 0. The Hall–Kier alpha value is -1.20. The molecular formula is C16H30O4Si. The zero-order valence-corrected chi connectivity index (χ0v) is 15.8. The average molecular weight is 314 g/mol. The Morgan fingerprint density at radius 2 is 1.05 bits per heavy atom. The van der Waals surface area contributed by atoms with Gasteiger partial charge >= 0.3 is 0 Å². The lowest BCUT2D eigenvalue weighted by Gasteiger charge is -2.32. The number of hydrogen-bond acceptors (Lipinski definition) is 4. The molecule has 0 amide bonds. The van der Waals surface area contributed by atoms with Crippen molar-refractivity contribution in [2.45, 2.75) is 45.6 Å². The van der Waals surface area contributed by atoms with Gasteiger partial charge in [-0.3, -0.25) is 0 Å². The van der Waals surface area contributed by atoms with Gasteiger partial charge in [-0.15, -0.1) is 0 Å². The van der Waals surface area contributed by atoms with Crippen LogP contribution in [0.2, 0.25) is 0 Å². The van der Waals surface area contributed by atoms with E-state index in [1.165, 1.54) is 0 Å². The van der Waals surface area contributed by atoms with Crippen molar-refractivity contribution in [1.82, 2.24) is 0 Å². The third-order valence-corrected chi connectivity index (χ3v) is 4.02. The molecule has 4 nitrogen and oxygen atoms in total. The van der Waals surface area contributed by atoms with Gasteiger partial charge in [-0.2, -0.15) is 0 Å². The van der Waals surface area contributed by atoms with Gasteiger partial charge in [0.25, 0.3) is 0 Å². The number of allylic oxidation sites excluding steroid dienone is 3. The molecule has 122 valence electrons. The van der Waals surface area contributed by atoms with Gasteiger partial charge in [-0.05, 0) is 20.8 Å². The van der Waals surface area contributed by atoms with Crippen LogP contribution in [0.25, 0.3) is 0 Å². The molecular weight excluding hydrogens is 284 g/mol. The molecule has 0 aliphatic carbocycles. The molecule has 0 saturated heterocycles. The van der Waals surface area contributed by atoms with Crippen molar-refractivity contribution < 1.29 is 18.6 Å². The molecule has 0 aromatic heterocycles. The summed E-state index contributed by atoms with van der Waals surface area (Å²) in [5, 5.41) is 0. The first kappa shape index (κ1) is 19.8. The van der Waals surface area contributed by atoms with Crippen LogP contribution >= 0.6 is 0 Å². The van der Waals surface area contributed by atoms with Crippen LogP contribution in [0.4, 0.5) is 0 Å². The summed E-state index contributed by atoms with van der Waals surface area (Å²) in [6.45, 7) is 7.73. The molecule has 0 spiro atoms. The standard InChI is InChI=1S/C16H30O4Si/c1-4-10-17-13-7-16(20-21,8-14-18-11-5-2)9-15-19-12-6-3/h4-6,10-12H,7-9,13-15H2,1-3,21H3. The first-order valence-electron chi connectivity index (χ1n) is 7.48. The van der Waals surface area contributed by atoms with Gasteiger partial charge in [0.05, 0.1) is 44.2 Å². The molecule has 0 aromatic carbocycles. The third kappa shape index (κ3) is 10.2. The first-order valence-corrected chi connectivity index (χ1v) is 8.29. The molecule has 0 heterocycles. The summed E-state index contributed by atoms with van der Waals surface area (Å²) in [5.74, 6) is 0. The maximum atomic E-state index is 5.91. The summed E-state index contributed by atoms with van der Waals surface area (Å²) in [5.41, 5.74) is -0.225. The fourth-order valence-electron chi connectivity index (χ4n) is 1.91. The monoisotopic (exact) mass is 314 g/mol. The van der Waals surface area contributed by atoms with Crippen LogP contribution in [0.3, 0.4) is 0 Å². The van der Waals surface area contributed by atoms with Gasteiger partial charge in [-0.1, -0.05) is 18.2 Å². The number of ether oxygens (including phenoxy) is 3. The van der Waals surface area contributed by atoms with Gasteiger partial charge in [0.1, 0.15) is 10.5 Å². The Morgan fingerprint density at radius 1 is 0.714 bits per heavy atom. The van der Waals surface area contributed by atoms with Crippen molar-refractivity contribution in [2.75, 3.05) is 19.8 Å².